The van der Waals surface area contributed by atoms with E-state index in [0.717, 1.165) is 31.9 Å². The van der Waals surface area contributed by atoms with E-state index in [1.54, 1.807) is 6.07 Å². The fourth-order valence-corrected chi connectivity index (χ4v) is 3.16. The Balaban J connectivity index is 1.69. The normalized spacial score (nSPS) is 28.8. The van der Waals surface area contributed by atoms with Crippen molar-refractivity contribution in [2.45, 2.75) is 31.2 Å². The average molecular weight is 280 g/mol. The number of nitrogens with zero attached hydrogens (tertiary/aromatic N) is 1. The molecule has 0 spiro atoms. The lowest BCUT2D eigenvalue weighted by molar-refractivity contribution is -0.133. The van der Waals surface area contributed by atoms with Crippen molar-refractivity contribution >= 4 is 5.91 Å². The maximum Gasteiger partial charge on any atom is 0.226 e. The Morgan fingerprint density at radius 3 is 2.85 bits per heavy atom. The van der Waals surface area contributed by atoms with E-state index < -0.39 is 11.6 Å². The number of hydrogen-bond acceptors (Lipinski definition) is 2. The van der Waals surface area contributed by atoms with Crippen LogP contribution in [0.25, 0.3) is 0 Å². The summed E-state index contributed by atoms with van der Waals surface area (Å²) in [6.45, 7) is 1.26. The average Bonchev–Trinajstić information content (AvgIpc) is 3.10. The highest BCUT2D eigenvalue weighted by atomic mass is 19.2. The minimum absolute atomic E-state index is 0.0247. The summed E-state index contributed by atoms with van der Waals surface area (Å²) in [5.41, 5.74) is 6.39. The summed E-state index contributed by atoms with van der Waals surface area (Å²) < 4.78 is 26.1. The van der Waals surface area contributed by atoms with Gasteiger partial charge in [0.15, 0.2) is 11.6 Å². The van der Waals surface area contributed by atoms with Crippen molar-refractivity contribution in [3.8, 4) is 0 Å². The molecule has 1 aliphatic heterocycles. The molecule has 0 unspecified atom stereocenters. The van der Waals surface area contributed by atoms with Crippen LogP contribution in [0.1, 0.15) is 30.7 Å². The molecule has 108 valence electrons. The zero-order valence-electron chi connectivity index (χ0n) is 11.2. The van der Waals surface area contributed by atoms with Gasteiger partial charge in [-0.2, -0.15) is 0 Å². The summed E-state index contributed by atoms with van der Waals surface area (Å²) in [4.78, 5) is 14.3. The molecule has 0 aromatic heterocycles. The number of nitrogens with two attached hydrogens (primary N) is 1. The van der Waals surface area contributed by atoms with E-state index in [4.69, 9.17) is 5.73 Å². The number of benzene rings is 1. The third kappa shape index (κ3) is 2.30. The molecule has 2 aliphatic rings. The molecular formula is C15H18F2N2O. The van der Waals surface area contributed by atoms with Crippen molar-refractivity contribution in [2.75, 3.05) is 13.1 Å². The van der Waals surface area contributed by atoms with Crippen LogP contribution in [0, 0.1) is 17.6 Å². The van der Waals surface area contributed by atoms with Crippen LogP contribution in [0.2, 0.25) is 0 Å². The van der Waals surface area contributed by atoms with E-state index >= 15 is 0 Å². The fraction of sp³-hybridized carbons (Fsp3) is 0.533. The molecule has 20 heavy (non-hydrogen) atoms. The molecule has 1 saturated heterocycles. The van der Waals surface area contributed by atoms with Crippen LogP contribution < -0.4 is 5.73 Å². The second-order valence-electron chi connectivity index (χ2n) is 5.69. The van der Waals surface area contributed by atoms with E-state index in [9.17, 15) is 13.6 Å². The summed E-state index contributed by atoms with van der Waals surface area (Å²) in [6.07, 6.45) is 2.68. The second-order valence-corrected chi connectivity index (χ2v) is 5.69. The lowest BCUT2D eigenvalue weighted by Crippen LogP contribution is -2.40. The van der Waals surface area contributed by atoms with Gasteiger partial charge in [0.2, 0.25) is 5.91 Å². The van der Waals surface area contributed by atoms with Gasteiger partial charge in [0, 0.05) is 25.0 Å². The van der Waals surface area contributed by atoms with E-state index in [-0.39, 0.29) is 23.8 Å². The maximum atomic E-state index is 13.2. The Labute approximate surface area is 116 Å². The Morgan fingerprint density at radius 1 is 1.35 bits per heavy atom. The van der Waals surface area contributed by atoms with Crippen LogP contribution in [0.5, 0.6) is 0 Å². The number of carbonyl (C=O) groups is 1. The van der Waals surface area contributed by atoms with Gasteiger partial charge in [0.1, 0.15) is 0 Å². The van der Waals surface area contributed by atoms with Crippen molar-refractivity contribution in [2.24, 2.45) is 11.7 Å². The zero-order chi connectivity index (χ0) is 14.3. The quantitative estimate of drug-likeness (QED) is 0.920. The predicted molar refractivity (Wildman–Crippen MR) is 71.0 cm³/mol. The molecule has 3 rings (SSSR count). The monoisotopic (exact) mass is 280 g/mol. The van der Waals surface area contributed by atoms with Gasteiger partial charge >= 0.3 is 0 Å². The number of carbonyl (C=O) groups excluding carboxylic acids is 1. The van der Waals surface area contributed by atoms with Crippen molar-refractivity contribution in [1.82, 2.24) is 4.90 Å². The van der Waals surface area contributed by atoms with E-state index in [0.29, 0.717) is 12.1 Å². The van der Waals surface area contributed by atoms with Gasteiger partial charge in [-0.05, 0) is 42.9 Å². The molecule has 1 aromatic rings. The molecule has 3 nitrogen and oxygen atoms in total. The number of hydrogen-bond donors (Lipinski definition) is 1. The van der Waals surface area contributed by atoms with Crippen molar-refractivity contribution in [3.05, 3.63) is 35.4 Å². The third-order valence-electron chi connectivity index (χ3n) is 4.41. The van der Waals surface area contributed by atoms with Gasteiger partial charge in [0.05, 0.1) is 0 Å². The van der Waals surface area contributed by atoms with E-state index in [1.807, 2.05) is 4.90 Å². The van der Waals surface area contributed by atoms with E-state index in [2.05, 4.69) is 0 Å². The lowest BCUT2D eigenvalue weighted by atomic mass is 10.1. The highest BCUT2D eigenvalue weighted by molar-refractivity contribution is 5.83. The van der Waals surface area contributed by atoms with Crippen LogP contribution in [0.3, 0.4) is 0 Å². The van der Waals surface area contributed by atoms with Gasteiger partial charge in [-0.1, -0.05) is 6.07 Å². The Morgan fingerprint density at radius 2 is 2.15 bits per heavy atom. The molecule has 1 amide bonds. The highest BCUT2D eigenvalue weighted by Crippen LogP contribution is 2.49. The number of halogens is 2. The van der Waals surface area contributed by atoms with Crippen LogP contribution in [0.15, 0.2) is 18.2 Å². The van der Waals surface area contributed by atoms with Crippen LogP contribution in [0.4, 0.5) is 8.78 Å². The minimum Gasteiger partial charge on any atom is -0.338 e. The Kier molecular flexibility index (Phi) is 3.46. The third-order valence-corrected chi connectivity index (χ3v) is 4.41. The van der Waals surface area contributed by atoms with Gasteiger partial charge in [0.25, 0.3) is 0 Å². The molecule has 3 atom stereocenters. The van der Waals surface area contributed by atoms with Gasteiger partial charge in [-0.25, -0.2) is 8.78 Å². The number of amides is 1. The highest BCUT2D eigenvalue weighted by Gasteiger charge is 2.47. The molecule has 5 heteroatoms. The summed E-state index contributed by atoms with van der Waals surface area (Å²) in [5.74, 6) is -1.64. The molecule has 1 heterocycles. The maximum absolute atomic E-state index is 13.2. The zero-order valence-corrected chi connectivity index (χ0v) is 11.2. The lowest BCUT2D eigenvalue weighted by Gasteiger charge is -2.23. The largest absolute Gasteiger partial charge is 0.338 e. The summed E-state index contributed by atoms with van der Waals surface area (Å²) in [6, 6.07) is 4.05. The van der Waals surface area contributed by atoms with Crippen molar-refractivity contribution in [3.63, 3.8) is 0 Å². The first-order valence-electron chi connectivity index (χ1n) is 7.07. The molecule has 2 fully saturated rings. The summed E-state index contributed by atoms with van der Waals surface area (Å²) in [7, 11) is 0. The molecular weight excluding hydrogens is 262 g/mol. The molecule has 0 radical (unpaired) electrons. The van der Waals surface area contributed by atoms with Crippen molar-refractivity contribution in [1.29, 1.82) is 0 Å². The number of likely N-dealkylation sites (tertiary alicyclic amines) is 1. The topological polar surface area (TPSA) is 46.3 Å². The first-order valence-corrected chi connectivity index (χ1v) is 7.07. The molecule has 1 saturated carbocycles. The first kappa shape index (κ1) is 13.5. The van der Waals surface area contributed by atoms with Crippen LogP contribution in [-0.4, -0.2) is 29.9 Å². The van der Waals surface area contributed by atoms with Gasteiger partial charge < -0.3 is 10.6 Å². The predicted octanol–water partition coefficient (Wildman–Crippen LogP) is 2.02. The molecule has 2 N–H and O–H groups in total. The van der Waals surface area contributed by atoms with Crippen molar-refractivity contribution < 1.29 is 13.6 Å². The Hall–Kier alpha value is -1.49. The molecule has 1 aromatic carbocycles. The fourth-order valence-electron chi connectivity index (χ4n) is 3.16. The standard InChI is InChI=1S/C15H18F2N2O/c16-13-4-3-9(6-14(13)17)11-7-12(11)15(20)19-5-1-2-10(19)8-18/h3-4,6,10-12H,1-2,5,7-8,18H2/t10-,11+,12-/m0/s1. The first-order chi connectivity index (χ1) is 9.61. The SMILES string of the molecule is NC[C@@H]1CCCN1C(=O)[C@H]1C[C@@H]1c1ccc(F)c(F)c1. The summed E-state index contributed by atoms with van der Waals surface area (Å²) in [5, 5.41) is 0. The second kappa shape index (κ2) is 5.13. The smallest absolute Gasteiger partial charge is 0.226 e. The van der Waals surface area contributed by atoms with Crippen LogP contribution in [-0.2, 0) is 4.79 Å². The minimum atomic E-state index is -0.847. The van der Waals surface area contributed by atoms with Gasteiger partial charge in [-0.3, -0.25) is 4.79 Å². The molecule has 0 bridgehead atoms. The molecule has 1 aliphatic carbocycles. The van der Waals surface area contributed by atoms with Gasteiger partial charge in [-0.15, -0.1) is 0 Å². The van der Waals surface area contributed by atoms with E-state index in [1.165, 1.54) is 6.07 Å². The summed E-state index contributed by atoms with van der Waals surface area (Å²) >= 11 is 0. The Bertz CT molecular complexity index is 535. The van der Waals surface area contributed by atoms with Crippen LogP contribution >= 0.6 is 0 Å². The number of rotatable bonds is 3.